The van der Waals surface area contributed by atoms with Crippen LogP contribution >= 0.6 is 0 Å². The van der Waals surface area contributed by atoms with E-state index in [1.807, 2.05) is 26.1 Å². The predicted molar refractivity (Wildman–Crippen MR) is 113 cm³/mol. The second kappa shape index (κ2) is 8.02. The van der Waals surface area contributed by atoms with Crippen molar-refractivity contribution in [1.82, 2.24) is 14.5 Å². The number of aromatic nitrogens is 3. The van der Waals surface area contributed by atoms with E-state index >= 15 is 0 Å². The minimum absolute atomic E-state index is 0.116. The van der Waals surface area contributed by atoms with Gasteiger partial charge in [0, 0.05) is 43.3 Å². The molecule has 0 aromatic carbocycles. The Hall–Kier alpha value is -2.24. The lowest BCUT2D eigenvalue weighted by Crippen LogP contribution is -2.20. The SMILES string of the molecule is CCn1c(-c2cccnc2[C@H](C)OC)c(CC(C)(C)CO)c2nc(C)ccc21. The Balaban J connectivity index is 2.39. The van der Waals surface area contributed by atoms with E-state index in [1.54, 1.807) is 7.11 Å². The topological polar surface area (TPSA) is 60.2 Å². The number of hydrogen-bond donors (Lipinski definition) is 1. The minimum Gasteiger partial charge on any atom is -0.396 e. The second-order valence-corrected chi connectivity index (χ2v) is 8.21. The average Bonchev–Trinajstić information content (AvgIpc) is 2.99. The molecule has 0 radical (unpaired) electrons. The van der Waals surface area contributed by atoms with Crippen LogP contribution in [0.3, 0.4) is 0 Å². The fourth-order valence-electron chi connectivity index (χ4n) is 3.78. The van der Waals surface area contributed by atoms with Crippen molar-refractivity contribution in [1.29, 1.82) is 0 Å². The summed E-state index contributed by atoms with van der Waals surface area (Å²) in [6.45, 7) is 11.3. The van der Waals surface area contributed by atoms with Crippen LogP contribution in [0.5, 0.6) is 0 Å². The molecule has 0 saturated carbocycles. The maximum absolute atomic E-state index is 9.93. The van der Waals surface area contributed by atoms with E-state index in [0.717, 1.165) is 52.2 Å². The molecule has 0 aliphatic carbocycles. The quantitative estimate of drug-likeness (QED) is 0.645. The first kappa shape index (κ1) is 20.5. The third-order valence-corrected chi connectivity index (χ3v) is 5.38. The van der Waals surface area contributed by atoms with Crippen LogP contribution in [0.25, 0.3) is 22.3 Å². The zero-order valence-corrected chi connectivity index (χ0v) is 17.8. The van der Waals surface area contributed by atoms with E-state index in [4.69, 9.17) is 9.72 Å². The summed E-state index contributed by atoms with van der Waals surface area (Å²) in [5.74, 6) is 0. The normalized spacial score (nSPS) is 13.2. The lowest BCUT2D eigenvalue weighted by atomic mass is 9.85. The van der Waals surface area contributed by atoms with E-state index in [9.17, 15) is 5.11 Å². The molecule has 3 rings (SSSR count). The maximum atomic E-state index is 9.93. The van der Waals surface area contributed by atoms with Crippen LogP contribution in [-0.4, -0.2) is 33.4 Å². The number of methoxy groups -OCH3 is 1. The van der Waals surface area contributed by atoms with E-state index < -0.39 is 0 Å². The number of ether oxygens (including phenoxy) is 1. The van der Waals surface area contributed by atoms with Crippen molar-refractivity contribution in [3.05, 3.63) is 47.4 Å². The fourth-order valence-corrected chi connectivity index (χ4v) is 3.78. The highest BCUT2D eigenvalue weighted by atomic mass is 16.5. The first-order valence-electron chi connectivity index (χ1n) is 9.90. The summed E-state index contributed by atoms with van der Waals surface area (Å²) in [5.41, 5.74) is 7.15. The van der Waals surface area contributed by atoms with Crippen molar-refractivity contribution in [3.63, 3.8) is 0 Å². The number of pyridine rings is 2. The van der Waals surface area contributed by atoms with E-state index in [0.29, 0.717) is 0 Å². The number of aliphatic hydroxyl groups excluding tert-OH is 1. The molecule has 0 fully saturated rings. The largest absolute Gasteiger partial charge is 0.396 e. The van der Waals surface area contributed by atoms with E-state index in [2.05, 4.69) is 48.5 Å². The molecule has 28 heavy (non-hydrogen) atoms. The van der Waals surface area contributed by atoms with Crippen molar-refractivity contribution in [2.75, 3.05) is 13.7 Å². The molecule has 1 atom stereocenters. The molecule has 0 bridgehead atoms. The molecule has 150 valence electrons. The molecule has 0 amide bonds. The number of nitrogens with zero attached hydrogens (tertiary/aromatic N) is 3. The van der Waals surface area contributed by atoms with Gasteiger partial charge in [-0.3, -0.25) is 9.97 Å². The standard InChI is InChI=1S/C23H31N3O2/c1-7-26-19-11-10-15(2)25-21(19)18(13-23(4,5)14-27)22(26)17-9-8-12-24-20(17)16(3)28-6/h8-12,16,27H,7,13-14H2,1-6H3/t16-/m0/s1. The molecule has 3 heterocycles. The van der Waals surface area contributed by atoms with Gasteiger partial charge in [0.15, 0.2) is 0 Å². The molecular formula is C23H31N3O2. The highest BCUT2D eigenvalue weighted by Gasteiger charge is 2.28. The number of rotatable bonds is 7. The van der Waals surface area contributed by atoms with Crippen molar-refractivity contribution in [3.8, 4) is 11.3 Å². The number of aliphatic hydroxyl groups is 1. The number of hydrogen-bond acceptors (Lipinski definition) is 4. The molecule has 5 heteroatoms. The van der Waals surface area contributed by atoms with Crippen LogP contribution in [0.15, 0.2) is 30.5 Å². The monoisotopic (exact) mass is 381 g/mol. The van der Waals surface area contributed by atoms with Gasteiger partial charge in [0.1, 0.15) is 0 Å². The summed E-state index contributed by atoms with van der Waals surface area (Å²) in [4.78, 5) is 9.53. The first-order chi connectivity index (χ1) is 13.3. The van der Waals surface area contributed by atoms with Crippen molar-refractivity contribution in [2.45, 2.75) is 53.7 Å². The molecule has 0 saturated heterocycles. The Morgan fingerprint density at radius 2 is 2.00 bits per heavy atom. The Bertz CT molecular complexity index is 975. The van der Waals surface area contributed by atoms with Gasteiger partial charge in [-0.1, -0.05) is 13.8 Å². The number of aryl methyl sites for hydroxylation is 2. The van der Waals surface area contributed by atoms with Gasteiger partial charge in [0.25, 0.3) is 0 Å². The van der Waals surface area contributed by atoms with Gasteiger partial charge in [-0.2, -0.15) is 0 Å². The molecule has 5 nitrogen and oxygen atoms in total. The van der Waals surface area contributed by atoms with Gasteiger partial charge in [0.2, 0.25) is 0 Å². The smallest absolute Gasteiger partial charge is 0.0969 e. The molecule has 1 N–H and O–H groups in total. The van der Waals surface area contributed by atoms with Crippen molar-refractivity contribution >= 4 is 11.0 Å². The Labute approximate surface area is 167 Å². The predicted octanol–water partition coefficient (Wildman–Crippen LogP) is 4.70. The highest BCUT2D eigenvalue weighted by molar-refractivity contribution is 5.89. The lowest BCUT2D eigenvalue weighted by molar-refractivity contribution is 0.116. The van der Waals surface area contributed by atoms with Crippen LogP contribution in [0.4, 0.5) is 0 Å². The summed E-state index contributed by atoms with van der Waals surface area (Å²) >= 11 is 0. The third-order valence-electron chi connectivity index (χ3n) is 5.38. The van der Waals surface area contributed by atoms with Crippen LogP contribution in [0.2, 0.25) is 0 Å². The van der Waals surface area contributed by atoms with Gasteiger partial charge < -0.3 is 14.4 Å². The average molecular weight is 382 g/mol. The molecule has 3 aromatic rings. The minimum atomic E-state index is -0.248. The molecule has 0 aliphatic heterocycles. The summed E-state index contributed by atoms with van der Waals surface area (Å²) in [7, 11) is 1.71. The molecule has 0 aliphatic rings. The van der Waals surface area contributed by atoms with Crippen LogP contribution in [-0.2, 0) is 17.7 Å². The zero-order chi connectivity index (χ0) is 20.5. The van der Waals surface area contributed by atoms with Crippen LogP contribution in [0, 0.1) is 12.3 Å². The third kappa shape index (κ3) is 3.69. The van der Waals surface area contributed by atoms with Crippen LogP contribution in [0.1, 0.15) is 50.8 Å². The first-order valence-corrected chi connectivity index (χ1v) is 9.90. The van der Waals surface area contributed by atoms with Gasteiger partial charge in [0.05, 0.1) is 28.5 Å². The van der Waals surface area contributed by atoms with Crippen molar-refractivity contribution < 1.29 is 9.84 Å². The Morgan fingerprint density at radius 3 is 2.64 bits per heavy atom. The second-order valence-electron chi connectivity index (χ2n) is 8.21. The van der Waals surface area contributed by atoms with Gasteiger partial charge in [-0.15, -0.1) is 0 Å². The highest BCUT2D eigenvalue weighted by Crippen LogP contribution is 2.39. The Morgan fingerprint density at radius 1 is 1.25 bits per heavy atom. The Kier molecular flexibility index (Phi) is 5.87. The van der Waals surface area contributed by atoms with E-state index in [1.165, 1.54) is 0 Å². The summed E-state index contributed by atoms with van der Waals surface area (Å²) in [5, 5.41) is 9.93. The molecule has 0 spiro atoms. The van der Waals surface area contributed by atoms with Gasteiger partial charge >= 0.3 is 0 Å². The van der Waals surface area contributed by atoms with Crippen LogP contribution < -0.4 is 0 Å². The molecule has 0 unspecified atom stereocenters. The van der Waals surface area contributed by atoms with Crippen molar-refractivity contribution in [2.24, 2.45) is 5.41 Å². The molecular weight excluding hydrogens is 350 g/mol. The molecule has 3 aromatic heterocycles. The van der Waals surface area contributed by atoms with Gasteiger partial charge in [-0.05, 0) is 56.9 Å². The summed E-state index contributed by atoms with van der Waals surface area (Å²) < 4.78 is 7.91. The van der Waals surface area contributed by atoms with E-state index in [-0.39, 0.29) is 18.1 Å². The zero-order valence-electron chi connectivity index (χ0n) is 17.8. The summed E-state index contributed by atoms with van der Waals surface area (Å²) in [6, 6.07) is 8.29. The fraction of sp³-hybridized carbons (Fsp3) is 0.478. The summed E-state index contributed by atoms with van der Waals surface area (Å²) in [6.07, 6.45) is 2.43. The maximum Gasteiger partial charge on any atom is 0.0969 e. The number of fused-ring (bicyclic) bond motifs is 1. The lowest BCUT2D eigenvalue weighted by Gasteiger charge is -2.23. The van der Waals surface area contributed by atoms with Gasteiger partial charge in [-0.25, -0.2) is 0 Å².